The van der Waals surface area contributed by atoms with Gasteiger partial charge in [0.05, 0.1) is 0 Å². The zero-order valence-corrected chi connectivity index (χ0v) is 23.8. The molecule has 0 fully saturated rings. The first-order valence-corrected chi connectivity index (χ1v) is 18.2. The van der Waals surface area contributed by atoms with Gasteiger partial charge in [0.1, 0.15) is 0 Å². The Morgan fingerprint density at radius 1 is 0.577 bits per heavy atom. The molecule has 26 heavy (non-hydrogen) atoms. The number of hydrogen-bond donors (Lipinski definition) is 0. The molecule has 0 bridgehead atoms. The molecule has 2 rings (SSSR count). The van der Waals surface area contributed by atoms with Crippen molar-refractivity contribution in [2.75, 3.05) is 0 Å². The van der Waals surface area contributed by atoms with Crippen LogP contribution in [0.2, 0.25) is 17.0 Å². The van der Waals surface area contributed by atoms with Gasteiger partial charge >= 0.3 is 170 Å². The first-order chi connectivity index (χ1) is 11.3. The average Bonchev–Trinajstić information content (AvgIpc) is 2.68. The summed E-state index contributed by atoms with van der Waals surface area (Å²) in [6, 6.07) is 7.34. The molecule has 3 heteroatoms. The van der Waals surface area contributed by atoms with Crippen LogP contribution in [0.15, 0.2) is 18.2 Å². The fourth-order valence-corrected chi connectivity index (χ4v) is 54.4. The van der Waals surface area contributed by atoms with E-state index < -0.39 is 27.2 Å². The normalized spacial score (nSPS) is 20.2. The van der Waals surface area contributed by atoms with E-state index in [1.807, 2.05) is 0 Å². The summed E-state index contributed by atoms with van der Waals surface area (Å²) in [5.41, 5.74) is 1.39. The van der Waals surface area contributed by atoms with Crippen LogP contribution in [0.4, 0.5) is 0 Å². The number of aryl methyl sites for hydroxylation is 1. The summed E-state index contributed by atoms with van der Waals surface area (Å²) in [4.78, 5) is 0. The molecule has 1 aliphatic rings. The van der Waals surface area contributed by atoms with Gasteiger partial charge in [-0.2, -0.15) is 0 Å². The van der Waals surface area contributed by atoms with Crippen molar-refractivity contribution in [3.05, 3.63) is 23.8 Å². The summed E-state index contributed by atoms with van der Waals surface area (Å²) in [6.07, 6.45) is 0. The van der Waals surface area contributed by atoms with Gasteiger partial charge in [-0.3, -0.25) is 0 Å². The topological polar surface area (TPSA) is 9.23 Å². The molecule has 1 aromatic carbocycles. The van der Waals surface area contributed by atoms with Crippen molar-refractivity contribution in [2.24, 2.45) is 0 Å². The fourth-order valence-electron chi connectivity index (χ4n) is 6.07. The van der Waals surface area contributed by atoms with Crippen LogP contribution in [0.3, 0.4) is 0 Å². The van der Waals surface area contributed by atoms with Crippen molar-refractivity contribution in [1.29, 1.82) is 0 Å². The van der Waals surface area contributed by atoms with E-state index in [4.69, 9.17) is 2.79 Å². The van der Waals surface area contributed by atoms with Gasteiger partial charge in [-0.15, -0.1) is 0 Å². The second-order valence-corrected chi connectivity index (χ2v) is 35.7. The second kappa shape index (κ2) is 6.13. The summed E-state index contributed by atoms with van der Waals surface area (Å²) in [6.45, 7) is 31.7. The van der Waals surface area contributed by atoms with E-state index >= 15 is 0 Å². The Morgan fingerprint density at radius 2 is 0.923 bits per heavy atom. The van der Waals surface area contributed by atoms with Gasteiger partial charge in [0.15, 0.2) is 0 Å². The SMILES string of the molecule is Cc1cc[c]2[c](c1)[Ge]([C](C)(C)C)([C](C)(C)C)[O][Ge]2([C](C)(C)C)[C](C)(C)C. The minimum atomic E-state index is -2.95. The molecular formula is C23H42Ge2O. The molecule has 0 aromatic heterocycles. The van der Waals surface area contributed by atoms with Crippen LogP contribution < -0.4 is 8.79 Å². The van der Waals surface area contributed by atoms with Crippen LogP contribution in [-0.2, 0) is 2.79 Å². The Kier molecular flexibility index (Phi) is 5.32. The van der Waals surface area contributed by atoms with Gasteiger partial charge in [-0.05, 0) is 0 Å². The van der Waals surface area contributed by atoms with Gasteiger partial charge in [0.25, 0.3) is 0 Å². The summed E-state index contributed by atoms with van der Waals surface area (Å²) in [7, 11) is 0. The Morgan fingerprint density at radius 3 is 1.27 bits per heavy atom. The summed E-state index contributed by atoms with van der Waals surface area (Å²) in [5.74, 6) is 0. The van der Waals surface area contributed by atoms with E-state index in [2.05, 4.69) is 108 Å². The van der Waals surface area contributed by atoms with E-state index in [-0.39, 0.29) is 17.0 Å². The van der Waals surface area contributed by atoms with E-state index in [0.29, 0.717) is 0 Å². The molecule has 0 atom stereocenters. The summed E-state index contributed by atoms with van der Waals surface area (Å²) < 4.78 is 12.0. The first-order valence-electron chi connectivity index (χ1n) is 10.1. The van der Waals surface area contributed by atoms with Crippen molar-refractivity contribution in [3.63, 3.8) is 0 Å². The van der Waals surface area contributed by atoms with Crippen molar-refractivity contribution >= 4 is 36.0 Å². The number of rotatable bonds is 0. The number of benzene rings is 1. The molecule has 1 heterocycles. The molecule has 0 saturated carbocycles. The maximum atomic E-state index is 7.89. The Bertz CT molecular complexity index is 663. The van der Waals surface area contributed by atoms with Crippen LogP contribution in [-0.4, -0.2) is 27.2 Å². The fraction of sp³-hybridized carbons (Fsp3) is 0.739. The monoisotopic (exact) mass is 482 g/mol. The van der Waals surface area contributed by atoms with Crippen molar-refractivity contribution in [2.45, 2.75) is 107 Å². The first kappa shape index (κ1) is 22.6. The molecule has 0 unspecified atom stereocenters. The van der Waals surface area contributed by atoms with Crippen LogP contribution >= 0.6 is 0 Å². The van der Waals surface area contributed by atoms with Crippen molar-refractivity contribution < 1.29 is 2.79 Å². The van der Waals surface area contributed by atoms with E-state index in [9.17, 15) is 0 Å². The molecule has 1 aliphatic heterocycles. The predicted octanol–water partition coefficient (Wildman–Crippen LogP) is 6.53. The van der Waals surface area contributed by atoms with Gasteiger partial charge in [-0.1, -0.05) is 0 Å². The summed E-state index contributed by atoms with van der Waals surface area (Å²) in [5, 5.41) is 0. The Hall–Kier alpha value is 0.266. The van der Waals surface area contributed by atoms with Crippen molar-refractivity contribution in [3.8, 4) is 0 Å². The van der Waals surface area contributed by atoms with Gasteiger partial charge < -0.3 is 0 Å². The standard InChI is InChI=1S/C23H42Ge2O/c1-17-14-15-18-19(16-17)25(22(8,9)10,23(11,12)13)26-24(18,20(2,3)4)21(5,6)7/h14-16H,1-13H3. The third-order valence-electron chi connectivity index (χ3n) is 6.46. The Labute approximate surface area is 169 Å². The van der Waals surface area contributed by atoms with Crippen molar-refractivity contribution in [1.82, 2.24) is 0 Å². The van der Waals surface area contributed by atoms with Gasteiger partial charge in [0.2, 0.25) is 0 Å². The number of hydrogen-bond acceptors (Lipinski definition) is 1. The molecule has 0 spiro atoms. The van der Waals surface area contributed by atoms with Crippen LogP contribution in [0.5, 0.6) is 0 Å². The molecule has 1 aromatic rings. The third kappa shape index (κ3) is 2.90. The van der Waals surface area contributed by atoms with E-state index in [0.717, 1.165) is 0 Å². The second-order valence-electron chi connectivity index (χ2n) is 12.5. The maximum absolute atomic E-state index is 7.89. The third-order valence-corrected chi connectivity index (χ3v) is 38.2. The summed E-state index contributed by atoms with van der Waals surface area (Å²) >= 11 is -5.90. The van der Waals surface area contributed by atoms with E-state index in [1.54, 1.807) is 8.79 Å². The zero-order chi connectivity index (χ0) is 20.6. The molecule has 0 radical (unpaired) electrons. The minimum absolute atomic E-state index is 0.199. The molecule has 148 valence electrons. The van der Waals surface area contributed by atoms with Crippen LogP contribution in [0.1, 0.15) is 88.6 Å². The molecule has 0 aliphatic carbocycles. The van der Waals surface area contributed by atoms with Crippen LogP contribution in [0, 0.1) is 6.92 Å². The average molecular weight is 480 g/mol. The Balaban J connectivity index is 3.07. The molecule has 0 N–H and O–H groups in total. The van der Waals surface area contributed by atoms with Gasteiger partial charge in [-0.25, -0.2) is 0 Å². The number of fused-ring (bicyclic) bond motifs is 1. The van der Waals surface area contributed by atoms with E-state index in [1.165, 1.54) is 5.56 Å². The molecular weight excluding hydrogens is 437 g/mol. The quantitative estimate of drug-likeness (QED) is 0.384. The molecule has 0 amide bonds. The van der Waals surface area contributed by atoms with Gasteiger partial charge in [0, 0.05) is 0 Å². The predicted molar refractivity (Wildman–Crippen MR) is 122 cm³/mol. The van der Waals surface area contributed by atoms with Crippen LogP contribution in [0.25, 0.3) is 0 Å². The molecule has 0 saturated heterocycles. The molecule has 1 nitrogen and oxygen atoms in total. The zero-order valence-electron chi connectivity index (χ0n) is 19.6.